The van der Waals surface area contributed by atoms with Crippen molar-refractivity contribution in [3.8, 4) is 0 Å². The molecule has 2 nitrogen and oxygen atoms in total. The fourth-order valence-corrected chi connectivity index (χ4v) is 2.17. The number of thiophene rings is 1. The van der Waals surface area contributed by atoms with E-state index in [2.05, 4.69) is 5.32 Å². The molecule has 1 aromatic heterocycles. The largest absolute Gasteiger partial charge is 0.316 e. The molecule has 14 heavy (non-hydrogen) atoms. The molecule has 0 aliphatic rings. The maximum absolute atomic E-state index is 10.6. The van der Waals surface area contributed by atoms with Crippen molar-refractivity contribution in [2.24, 2.45) is 0 Å². The molecule has 0 amide bonds. The first-order valence-corrected chi connectivity index (χ1v) is 5.82. The highest BCUT2D eigenvalue weighted by atomic mass is 35.5. The number of nitrogens with one attached hydrogen (secondary N) is 1. The quantitative estimate of drug-likeness (QED) is 0.763. The molecule has 78 valence electrons. The van der Waals surface area contributed by atoms with Gasteiger partial charge in [0.15, 0.2) is 0 Å². The summed E-state index contributed by atoms with van der Waals surface area (Å²) >= 11 is 7.41. The van der Waals surface area contributed by atoms with E-state index in [1.54, 1.807) is 18.3 Å². The summed E-state index contributed by atoms with van der Waals surface area (Å²) < 4.78 is 0.837. The Morgan fingerprint density at radius 3 is 2.86 bits per heavy atom. The van der Waals surface area contributed by atoms with Crippen LogP contribution >= 0.6 is 22.9 Å². The molecule has 0 unspecified atom stereocenters. The summed E-state index contributed by atoms with van der Waals surface area (Å²) in [5.41, 5.74) is 0. The van der Waals surface area contributed by atoms with E-state index >= 15 is 0 Å². The lowest BCUT2D eigenvalue weighted by atomic mass is 10.3. The molecule has 0 fully saturated rings. The molecule has 0 aliphatic carbocycles. The second kappa shape index (κ2) is 6.17. The van der Waals surface area contributed by atoms with Gasteiger partial charge in [0.2, 0.25) is 0 Å². The summed E-state index contributed by atoms with van der Waals surface area (Å²) in [5.74, 6) is 0.233. The highest BCUT2D eigenvalue weighted by Gasteiger charge is 1.97. The van der Waals surface area contributed by atoms with Crippen LogP contribution in [0.3, 0.4) is 0 Å². The predicted octanol–water partition coefficient (Wildman–Crippen LogP) is 2.51. The van der Waals surface area contributed by atoms with Crippen LogP contribution in [0.1, 0.15) is 18.2 Å². The van der Waals surface area contributed by atoms with Gasteiger partial charge in [-0.1, -0.05) is 11.6 Å². The zero-order valence-electron chi connectivity index (χ0n) is 8.18. The number of hydrogen-bond acceptors (Lipinski definition) is 3. The Bertz CT molecular complexity index is 298. The highest BCUT2D eigenvalue weighted by molar-refractivity contribution is 7.16. The summed E-state index contributed by atoms with van der Waals surface area (Å²) in [6.07, 6.45) is 1.60. The topological polar surface area (TPSA) is 29.1 Å². The molecule has 4 heteroatoms. The zero-order valence-corrected chi connectivity index (χ0v) is 9.75. The van der Waals surface area contributed by atoms with E-state index in [1.165, 1.54) is 4.88 Å². The van der Waals surface area contributed by atoms with Crippen LogP contribution in [0, 0.1) is 0 Å². The SMILES string of the molecule is CC(=O)CCNCCc1ccc(Cl)s1. The number of halogens is 1. The van der Waals surface area contributed by atoms with Crippen molar-refractivity contribution in [1.82, 2.24) is 5.32 Å². The standard InChI is InChI=1S/C10H14ClNOS/c1-8(13)4-6-12-7-5-9-2-3-10(11)14-9/h2-3,12H,4-7H2,1H3. The average molecular weight is 232 g/mol. The minimum atomic E-state index is 0.233. The Hall–Kier alpha value is -0.380. The van der Waals surface area contributed by atoms with Gasteiger partial charge in [-0.15, -0.1) is 11.3 Å². The van der Waals surface area contributed by atoms with Crippen LogP contribution in [0.4, 0.5) is 0 Å². The molecule has 0 saturated carbocycles. The number of carbonyl (C=O) groups excluding carboxylic acids is 1. The fourth-order valence-electron chi connectivity index (χ4n) is 1.09. The molecule has 0 radical (unpaired) electrons. The summed E-state index contributed by atoms with van der Waals surface area (Å²) in [6, 6.07) is 3.96. The van der Waals surface area contributed by atoms with Gasteiger partial charge in [0.25, 0.3) is 0 Å². The van der Waals surface area contributed by atoms with Gasteiger partial charge < -0.3 is 5.32 Å². The normalized spacial score (nSPS) is 10.4. The van der Waals surface area contributed by atoms with Gasteiger partial charge in [-0.05, 0) is 32.0 Å². The van der Waals surface area contributed by atoms with Crippen LogP contribution in [-0.2, 0) is 11.2 Å². The first kappa shape index (κ1) is 11.7. The molecule has 0 spiro atoms. The van der Waals surface area contributed by atoms with E-state index in [4.69, 9.17) is 11.6 Å². The second-order valence-electron chi connectivity index (χ2n) is 3.16. The van der Waals surface area contributed by atoms with Gasteiger partial charge >= 0.3 is 0 Å². The van der Waals surface area contributed by atoms with Crippen molar-refractivity contribution in [3.05, 3.63) is 21.3 Å². The summed E-state index contributed by atoms with van der Waals surface area (Å²) in [6.45, 7) is 3.29. The Morgan fingerprint density at radius 2 is 2.29 bits per heavy atom. The Kier molecular flexibility index (Phi) is 5.15. The third kappa shape index (κ3) is 4.74. The predicted molar refractivity (Wildman–Crippen MR) is 61.2 cm³/mol. The van der Waals surface area contributed by atoms with Crippen molar-refractivity contribution in [3.63, 3.8) is 0 Å². The van der Waals surface area contributed by atoms with Gasteiger partial charge in [-0.2, -0.15) is 0 Å². The monoisotopic (exact) mass is 231 g/mol. The van der Waals surface area contributed by atoms with Crippen molar-refractivity contribution >= 4 is 28.7 Å². The molecule has 1 heterocycles. The molecule has 1 N–H and O–H groups in total. The summed E-state index contributed by atoms with van der Waals surface area (Å²) in [5, 5.41) is 3.22. The van der Waals surface area contributed by atoms with E-state index in [0.717, 1.165) is 23.8 Å². The van der Waals surface area contributed by atoms with Gasteiger partial charge in [0.1, 0.15) is 5.78 Å². The van der Waals surface area contributed by atoms with E-state index in [9.17, 15) is 4.79 Å². The minimum Gasteiger partial charge on any atom is -0.316 e. The minimum absolute atomic E-state index is 0.233. The number of carbonyl (C=O) groups is 1. The van der Waals surface area contributed by atoms with Gasteiger partial charge in [-0.3, -0.25) is 4.79 Å². The highest BCUT2D eigenvalue weighted by Crippen LogP contribution is 2.21. The first-order valence-electron chi connectivity index (χ1n) is 4.63. The fraction of sp³-hybridized carbons (Fsp3) is 0.500. The lowest BCUT2D eigenvalue weighted by Crippen LogP contribution is -2.19. The van der Waals surface area contributed by atoms with E-state index in [0.29, 0.717) is 6.42 Å². The van der Waals surface area contributed by atoms with Crippen molar-refractivity contribution in [2.75, 3.05) is 13.1 Å². The molecule has 1 rings (SSSR count). The zero-order chi connectivity index (χ0) is 10.4. The van der Waals surface area contributed by atoms with Crippen LogP contribution in [0.15, 0.2) is 12.1 Å². The van der Waals surface area contributed by atoms with E-state index in [-0.39, 0.29) is 5.78 Å². The summed E-state index contributed by atoms with van der Waals surface area (Å²) in [7, 11) is 0. The number of Topliss-reactive ketones (excluding diaryl/α,β-unsaturated/α-hetero) is 1. The Morgan fingerprint density at radius 1 is 1.50 bits per heavy atom. The number of ketones is 1. The Balaban J connectivity index is 2.07. The van der Waals surface area contributed by atoms with Crippen molar-refractivity contribution < 1.29 is 4.79 Å². The molecule has 0 aliphatic heterocycles. The van der Waals surface area contributed by atoms with Crippen LogP contribution in [0.5, 0.6) is 0 Å². The second-order valence-corrected chi connectivity index (χ2v) is 4.96. The number of rotatable bonds is 6. The lowest BCUT2D eigenvalue weighted by Gasteiger charge is -2.00. The van der Waals surface area contributed by atoms with Crippen molar-refractivity contribution in [2.45, 2.75) is 19.8 Å². The number of hydrogen-bond donors (Lipinski definition) is 1. The average Bonchev–Trinajstić information content (AvgIpc) is 2.50. The smallest absolute Gasteiger partial charge is 0.131 e. The van der Waals surface area contributed by atoms with Crippen LogP contribution in [0.2, 0.25) is 4.34 Å². The molecular formula is C10H14ClNOS. The molecule has 0 aromatic carbocycles. The molecule has 1 aromatic rings. The molecular weight excluding hydrogens is 218 g/mol. The maximum atomic E-state index is 10.6. The van der Waals surface area contributed by atoms with Crippen molar-refractivity contribution in [1.29, 1.82) is 0 Å². The lowest BCUT2D eigenvalue weighted by molar-refractivity contribution is -0.116. The van der Waals surface area contributed by atoms with Crippen LogP contribution < -0.4 is 5.32 Å². The van der Waals surface area contributed by atoms with Gasteiger partial charge in [0.05, 0.1) is 4.34 Å². The molecule has 0 bridgehead atoms. The van der Waals surface area contributed by atoms with E-state index in [1.807, 2.05) is 12.1 Å². The third-order valence-electron chi connectivity index (χ3n) is 1.83. The summed E-state index contributed by atoms with van der Waals surface area (Å²) in [4.78, 5) is 11.9. The molecule has 0 saturated heterocycles. The Labute approximate surface area is 93.3 Å². The molecule has 0 atom stereocenters. The van der Waals surface area contributed by atoms with Gasteiger partial charge in [0, 0.05) is 17.8 Å². The third-order valence-corrected chi connectivity index (χ3v) is 3.12. The first-order chi connectivity index (χ1) is 6.68. The van der Waals surface area contributed by atoms with Crippen LogP contribution in [0.25, 0.3) is 0 Å². The van der Waals surface area contributed by atoms with Gasteiger partial charge in [-0.25, -0.2) is 0 Å². The van der Waals surface area contributed by atoms with E-state index < -0.39 is 0 Å². The maximum Gasteiger partial charge on any atom is 0.131 e. The van der Waals surface area contributed by atoms with Crippen LogP contribution in [-0.4, -0.2) is 18.9 Å².